The van der Waals surface area contributed by atoms with Gasteiger partial charge in [0.15, 0.2) is 0 Å². The number of nitro benzene ring substituents is 1. The van der Waals surface area contributed by atoms with Crippen molar-refractivity contribution in [2.24, 2.45) is 0 Å². The summed E-state index contributed by atoms with van der Waals surface area (Å²) in [6.45, 7) is -0.561. The Balaban J connectivity index is 1.94. The van der Waals surface area contributed by atoms with Gasteiger partial charge in [0.2, 0.25) is 10.0 Å². The molecule has 26 heavy (non-hydrogen) atoms. The Bertz CT molecular complexity index is 897. The second-order valence-electron chi connectivity index (χ2n) is 5.30. The molecule has 8 nitrogen and oxygen atoms in total. The van der Waals surface area contributed by atoms with E-state index < -0.39 is 27.5 Å². The standard InChI is InChI=1S/C16H15BrN2O6S/c1-18(26(23,24)15-8-4-13(17)5-9-15)10-16(20)25-11-12-2-6-14(7-3-12)19(21)22/h2-9H,10-11H2,1H3. The van der Waals surface area contributed by atoms with Crippen LogP contribution in [0.2, 0.25) is 0 Å². The number of ether oxygens (including phenoxy) is 1. The minimum atomic E-state index is -3.81. The summed E-state index contributed by atoms with van der Waals surface area (Å²) in [7, 11) is -2.53. The lowest BCUT2D eigenvalue weighted by Gasteiger charge is -2.16. The van der Waals surface area contributed by atoms with Crippen LogP contribution in [0.3, 0.4) is 0 Å². The van der Waals surface area contributed by atoms with E-state index in [1.807, 2.05) is 0 Å². The van der Waals surface area contributed by atoms with E-state index in [4.69, 9.17) is 4.74 Å². The van der Waals surface area contributed by atoms with Crippen LogP contribution in [-0.4, -0.2) is 37.2 Å². The van der Waals surface area contributed by atoms with Crippen LogP contribution in [-0.2, 0) is 26.2 Å². The lowest BCUT2D eigenvalue weighted by atomic mass is 10.2. The van der Waals surface area contributed by atoms with Gasteiger partial charge < -0.3 is 4.74 Å². The molecule has 0 aliphatic heterocycles. The highest BCUT2D eigenvalue weighted by atomic mass is 79.9. The van der Waals surface area contributed by atoms with Crippen molar-refractivity contribution in [1.29, 1.82) is 0 Å². The minimum Gasteiger partial charge on any atom is -0.460 e. The van der Waals surface area contributed by atoms with Gasteiger partial charge in [-0.25, -0.2) is 8.42 Å². The van der Waals surface area contributed by atoms with Crippen molar-refractivity contribution in [3.63, 3.8) is 0 Å². The fraction of sp³-hybridized carbons (Fsp3) is 0.188. The van der Waals surface area contributed by atoms with Crippen LogP contribution in [0, 0.1) is 10.1 Å². The highest BCUT2D eigenvalue weighted by Gasteiger charge is 2.23. The molecule has 0 spiro atoms. The van der Waals surface area contributed by atoms with E-state index in [1.165, 1.54) is 43.4 Å². The molecule has 138 valence electrons. The van der Waals surface area contributed by atoms with E-state index >= 15 is 0 Å². The molecule has 0 fully saturated rings. The number of likely N-dealkylation sites (N-methyl/N-ethyl adjacent to an activating group) is 1. The van der Waals surface area contributed by atoms with Crippen LogP contribution in [0.25, 0.3) is 0 Å². The molecule has 0 saturated heterocycles. The molecule has 0 aromatic heterocycles. The van der Waals surface area contributed by atoms with E-state index in [0.29, 0.717) is 5.56 Å². The third-order valence-corrected chi connectivity index (χ3v) is 5.77. The van der Waals surface area contributed by atoms with E-state index in [2.05, 4.69) is 15.9 Å². The fourth-order valence-corrected chi connectivity index (χ4v) is 3.36. The monoisotopic (exact) mass is 442 g/mol. The van der Waals surface area contributed by atoms with Gasteiger partial charge in [-0.3, -0.25) is 14.9 Å². The SMILES string of the molecule is CN(CC(=O)OCc1ccc([N+](=O)[O-])cc1)S(=O)(=O)c1ccc(Br)cc1. The van der Waals surface area contributed by atoms with Crippen LogP contribution in [0.15, 0.2) is 57.9 Å². The normalized spacial score (nSPS) is 11.3. The van der Waals surface area contributed by atoms with Crippen LogP contribution in [0.5, 0.6) is 0 Å². The Morgan fingerprint density at radius 2 is 1.73 bits per heavy atom. The van der Waals surface area contributed by atoms with E-state index in [0.717, 1.165) is 8.78 Å². The molecule has 0 atom stereocenters. The number of hydrogen-bond acceptors (Lipinski definition) is 6. The van der Waals surface area contributed by atoms with Gasteiger partial charge in [0.05, 0.1) is 9.82 Å². The number of esters is 1. The van der Waals surface area contributed by atoms with Crippen molar-refractivity contribution in [2.45, 2.75) is 11.5 Å². The molecular weight excluding hydrogens is 428 g/mol. The second kappa shape index (κ2) is 8.39. The molecule has 10 heteroatoms. The van der Waals surface area contributed by atoms with Gasteiger partial charge in [0.25, 0.3) is 5.69 Å². The van der Waals surface area contributed by atoms with Gasteiger partial charge in [0.1, 0.15) is 13.2 Å². The lowest BCUT2D eigenvalue weighted by molar-refractivity contribution is -0.384. The number of carbonyl (C=O) groups is 1. The molecule has 2 aromatic rings. The molecule has 0 N–H and O–H groups in total. The Hall–Kier alpha value is -2.30. The Morgan fingerprint density at radius 3 is 2.27 bits per heavy atom. The van der Waals surface area contributed by atoms with Crippen molar-refractivity contribution in [3.05, 3.63) is 68.7 Å². The first-order valence-electron chi connectivity index (χ1n) is 7.31. The predicted molar refractivity (Wildman–Crippen MR) is 96.9 cm³/mol. The fourth-order valence-electron chi connectivity index (χ4n) is 1.98. The molecular formula is C16H15BrN2O6S. The maximum atomic E-state index is 12.4. The average Bonchev–Trinajstić information content (AvgIpc) is 2.60. The zero-order chi connectivity index (χ0) is 19.3. The topological polar surface area (TPSA) is 107 Å². The summed E-state index contributed by atoms with van der Waals surface area (Å²) in [5.41, 5.74) is 0.489. The highest BCUT2D eigenvalue weighted by Crippen LogP contribution is 2.18. The van der Waals surface area contributed by atoms with Crippen molar-refractivity contribution in [1.82, 2.24) is 4.31 Å². The van der Waals surface area contributed by atoms with Crippen molar-refractivity contribution in [2.75, 3.05) is 13.6 Å². The van der Waals surface area contributed by atoms with Gasteiger partial charge in [0, 0.05) is 23.7 Å². The smallest absolute Gasteiger partial charge is 0.321 e. The molecule has 0 heterocycles. The first-order valence-corrected chi connectivity index (χ1v) is 9.54. The van der Waals surface area contributed by atoms with E-state index in [9.17, 15) is 23.3 Å². The van der Waals surface area contributed by atoms with Gasteiger partial charge in [-0.1, -0.05) is 15.9 Å². The third-order valence-electron chi connectivity index (χ3n) is 3.42. The van der Waals surface area contributed by atoms with Crippen LogP contribution >= 0.6 is 15.9 Å². The maximum Gasteiger partial charge on any atom is 0.321 e. The first kappa shape index (κ1) is 20.0. The summed E-state index contributed by atoms with van der Waals surface area (Å²) >= 11 is 3.22. The molecule has 2 rings (SSSR count). The average molecular weight is 443 g/mol. The minimum absolute atomic E-state index is 0.0615. The van der Waals surface area contributed by atoms with Gasteiger partial charge in [-0.2, -0.15) is 4.31 Å². The van der Waals surface area contributed by atoms with Gasteiger partial charge in [-0.15, -0.1) is 0 Å². The molecule has 0 radical (unpaired) electrons. The number of non-ortho nitro benzene ring substituents is 1. The summed E-state index contributed by atoms with van der Waals surface area (Å²) in [6.07, 6.45) is 0. The van der Waals surface area contributed by atoms with Crippen LogP contribution in [0.4, 0.5) is 5.69 Å². The van der Waals surface area contributed by atoms with Crippen LogP contribution < -0.4 is 0 Å². The number of sulfonamides is 1. The number of rotatable bonds is 7. The predicted octanol–water partition coefficient (Wildman–Crippen LogP) is 2.72. The quantitative estimate of drug-likeness (QED) is 0.370. The van der Waals surface area contributed by atoms with Gasteiger partial charge >= 0.3 is 5.97 Å². The zero-order valence-electron chi connectivity index (χ0n) is 13.7. The lowest BCUT2D eigenvalue weighted by Crippen LogP contribution is -2.33. The molecule has 0 unspecified atom stereocenters. The molecule has 0 amide bonds. The second-order valence-corrected chi connectivity index (χ2v) is 8.26. The van der Waals surface area contributed by atoms with Crippen molar-refractivity contribution in [3.8, 4) is 0 Å². The molecule has 0 aliphatic rings. The Morgan fingerprint density at radius 1 is 1.15 bits per heavy atom. The number of halogens is 1. The summed E-state index contributed by atoms with van der Waals surface area (Å²) in [5.74, 6) is -0.730. The van der Waals surface area contributed by atoms with Gasteiger partial charge in [-0.05, 0) is 42.0 Å². The summed E-state index contributed by atoms with van der Waals surface area (Å²) < 4.78 is 31.4. The molecule has 0 aliphatic carbocycles. The first-order chi connectivity index (χ1) is 12.2. The Kier molecular flexibility index (Phi) is 6.46. The Labute approximate surface area is 158 Å². The molecule has 2 aromatic carbocycles. The highest BCUT2D eigenvalue weighted by molar-refractivity contribution is 9.10. The zero-order valence-corrected chi connectivity index (χ0v) is 16.1. The summed E-state index contributed by atoms with van der Waals surface area (Å²) in [4.78, 5) is 22.0. The summed E-state index contributed by atoms with van der Waals surface area (Å²) in [6, 6.07) is 11.6. The largest absolute Gasteiger partial charge is 0.460 e. The number of benzene rings is 2. The van der Waals surface area contributed by atoms with Crippen molar-refractivity contribution >= 4 is 37.6 Å². The number of carbonyl (C=O) groups excluding carboxylic acids is 1. The van der Waals surface area contributed by atoms with Crippen LogP contribution in [0.1, 0.15) is 5.56 Å². The summed E-state index contributed by atoms with van der Waals surface area (Å²) in [5, 5.41) is 10.6. The number of hydrogen-bond donors (Lipinski definition) is 0. The third kappa shape index (κ3) is 5.10. The van der Waals surface area contributed by atoms with E-state index in [1.54, 1.807) is 12.1 Å². The molecule has 0 bridgehead atoms. The maximum absolute atomic E-state index is 12.4. The number of nitrogens with zero attached hydrogens (tertiary/aromatic N) is 2. The van der Waals surface area contributed by atoms with E-state index in [-0.39, 0.29) is 17.2 Å². The van der Waals surface area contributed by atoms with Crippen molar-refractivity contribution < 1.29 is 22.9 Å². The number of nitro groups is 1. The molecule has 0 saturated carbocycles.